The van der Waals surface area contributed by atoms with E-state index in [1.54, 1.807) is 0 Å². The first-order valence-corrected chi connectivity index (χ1v) is 12.2. The summed E-state index contributed by atoms with van der Waals surface area (Å²) >= 11 is -2.92. The molecule has 1 unspecified atom stereocenters. The van der Waals surface area contributed by atoms with Crippen molar-refractivity contribution in [1.82, 2.24) is 0 Å². The molecule has 94 valence electrons. The van der Waals surface area contributed by atoms with Crippen LogP contribution in [0.25, 0.3) is 0 Å². The van der Waals surface area contributed by atoms with Crippen molar-refractivity contribution in [3.8, 4) is 0 Å². The fraction of sp³-hybridized carbons (Fsp3) is 0.857. The topological polar surface area (TPSA) is 21.6 Å². The van der Waals surface area contributed by atoms with Gasteiger partial charge in [0, 0.05) is 0 Å². The minimum absolute atomic E-state index is 0.667. The van der Waals surface area contributed by atoms with Crippen molar-refractivity contribution in [2.45, 2.75) is 27.8 Å². The van der Waals surface area contributed by atoms with Gasteiger partial charge < -0.3 is 0 Å². The molecular formula is C7H10F6InNO. The molecule has 0 aliphatic heterocycles. The van der Waals surface area contributed by atoms with Gasteiger partial charge in [-0.2, -0.15) is 0 Å². The molecule has 0 aliphatic carbocycles. The standard InChI is InChI=1S/C5H4F6NO.2CH3.In/c1-12-2(4(6,7)8)3(13)5(9,10)11;;;/h3H,1H3;2*1H3;/q-1;;;+1. The van der Waals surface area contributed by atoms with E-state index in [-0.39, 0.29) is 0 Å². The van der Waals surface area contributed by atoms with E-state index >= 15 is 0 Å². The second-order valence-electron chi connectivity index (χ2n) is 3.21. The van der Waals surface area contributed by atoms with Crippen molar-refractivity contribution in [3.05, 3.63) is 0 Å². The van der Waals surface area contributed by atoms with Crippen molar-refractivity contribution in [1.29, 1.82) is 0 Å². The molecule has 0 bridgehead atoms. The average Bonchev–Trinajstić information content (AvgIpc) is 1.98. The van der Waals surface area contributed by atoms with Crippen molar-refractivity contribution in [2.75, 3.05) is 7.05 Å². The fourth-order valence-electron chi connectivity index (χ4n) is 0.961. The Hall–Kier alpha value is 0.0801. The maximum absolute atomic E-state index is 12.4. The SMILES string of the molecule is CN=C(C([O][In]([CH3])[CH3])C(F)(F)F)C(F)(F)F. The van der Waals surface area contributed by atoms with Crippen molar-refractivity contribution < 1.29 is 29.2 Å². The molecule has 0 aromatic carbocycles. The van der Waals surface area contributed by atoms with E-state index in [0.29, 0.717) is 7.05 Å². The molecule has 1 atom stereocenters. The summed E-state index contributed by atoms with van der Waals surface area (Å²) in [5.74, 6) is 0. The molecule has 0 fully saturated rings. The van der Waals surface area contributed by atoms with E-state index in [0.717, 1.165) is 0 Å². The van der Waals surface area contributed by atoms with E-state index in [4.69, 9.17) is 0 Å². The van der Waals surface area contributed by atoms with Gasteiger partial charge in [-0.05, 0) is 0 Å². The molecule has 0 saturated carbocycles. The summed E-state index contributed by atoms with van der Waals surface area (Å²) in [7, 11) is 0.667. The van der Waals surface area contributed by atoms with E-state index in [2.05, 4.69) is 7.85 Å². The third-order valence-electron chi connectivity index (χ3n) is 1.49. The second-order valence-corrected chi connectivity index (χ2v) is 9.98. The summed E-state index contributed by atoms with van der Waals surface area (Å²) in [4.78, 5) is 2.66. The Labute approximate surface area is 96.8 Å². The van der Waals surface area contributed by atoms with Crippen LogP contribution in [-0.2, 0) is 2.85 Å². The van der Waals surface area contributed by atoms with Gasteiger partial charge in [0.15, 0.2) is 0 Å². The van der Waals surface area contributed by atoms with Gasteiger partial charge in [-0.25, -0.2) is 0 Å². The van der Waals surface area contributed by atoms with Crippen LogP contribution < -0.4 is 0 Å². The molecule has 0 saturated heterocycles. The van der Waals surface area contributed by atoms with E-state index < -0.39 is 46.0 Å². The molecular weight excluding hydrogens is 343 g/mol. The van der Waals surface area contributed by atoms with Crippen LogP contribution in [-0.4, -0.2) is 53.1 Å². The molecule has 0 amide bonds. The Morgan fingerprint density at radius 1 is 1.12 bits per heavy atom. The summed E-state index contributed by atoms with van der Waals surface area (Å²) in [6, 6.07) is 0. The Balaban J connectivity index is 5.18. The number of halogens is 6. The first-order valence-electron chi connectivity index (χ1n) is 4.26. The first-order chi connectivity index (χ1) is 7.00. The summed E-state index contributed by atoms with van der Waals surface area (Å²) in [6.07, 6.45) is -13.2. The number of aliphatic imine (C=N–C) groups is 1. The molecule has 0 aromatic heterocycles. The minimum atomic E-state index is -5.13. The van der Waals surface area contributed by atoms with Gasteiger partial charge >= 0.3 is 96.6 Å². The summed E-state index contributed by atoms with van der Waals surface area (Å²) in [6.45, 7) is 0. The van der Waals surface area contributed by atoms with E-state index in [1.807, 2.05) is 0 Å². The third kappa shape index (κ3) is 4.94. The number of alkyl halides is 6. The molecule has 0 radical (unpaired) electrons. The van der Waals surface area contributed by atoms with Gasteiger partial charge in [0.05, 0.1) is 0 Å². The zero-order valence-electron chi connectivity index (χ0n) is 8.78. The van der Waals surface area contributed by atoms with Crippen LogP contribution in [0.2, 0.25) is 9.36 Å². The zero-order valence-corrected chi connectivity index (χ0v) is 12.1. The number of rotatable bonds is 3. The molecule has 0 heterocycles. The van der Waals surface area contributed by atoms with Gasteiger partial charge in [0.1, 0.15) is 0 Å². The molecule has 0 aromatic rings. The molecule has 2 nitrogen and oxygen atoms in total. The summed E-state index contributed by atoms with van der Waals surface area (Å²) < 4.78 is 81.2. The van der Waals surface area contributed by atoms with Crippen LogP contribution in [0.3, 0.4) is 0 Å². The monoisotopic (exact) mass is 353 g/mol. The van der Waals surface area contributed by atoms with Crippen LogP contribution in [0.4, 0.5) is 26.3 Å². The number of hydrogen-bond donors (Lipinski definition) is 0. The van der Waals surface area contributed by atoms with Crippen LogP contribution in [0.15, 0.2) is 4.99 Å². The zero-order chi connectivity index (χ0) is 13.1. The predicted octanol–water partition coefficient (Wildman–Crippen LogP) is 2.82. The van der Waals surface area contributed by atoms with Crippen molar-refractivity contribution in [3.63, 3.8) is 0 Å². The van der Waals surface area contributed by atoms with Gasteiger partial charge in [-0.1, -0.05) is 0 Å². The predicted molar refractivity (Wildman–Crippen MR) is 47.8 cm³/mol. The normalized spacial score (nSPS) is 16.2. The summed E-state index contributed by atoms with van der Waals surface area (Å²) in [5, 5.41) is 0. The van der Waals surface area contributed by atoms with E-state index in [1.165, 1.54) is 9.36 Å². The van der Waals surface area contributed by atoms with E-state index in [9.17, 15) is 26.3 Å². The molecule has 16 heavy (non-hydrogen) atoms. The van der Waals surface area contributed by atoms with Crippen LogP contribution in [0.1, 0.15) is 0 Å². The Morgan fingerprint density at radius 3 is 1.75 bits per heavy atom. The van der Waals surface area contributed by atoms with Gasteiger partial charge in [-0.15, -0.1) is 0 Å². The second kappa shape index (κ2) is 5.61. The van der Waals surface area contributed by atoms with Crippen LogP contribution in [0.5, 0.6) is 0 Å². The molecule has 0 aliphatic rings. The maximum atomic E-state index is 12.4. The van der Waals surface area contributed by atoms with Crippen LogP contribution in [0, 0.1) is 0 Å². The Kier molecular flexibility index (Phi) is 5.64. The fourth-order valence-corrected chi connectivity index (χ4v) is 3.32. The van der Waals surface area contributed by atoms with Crippen LogP contribution >= 0.6 is 0 Å². The number of hydrogen-bond acceptors (Lipinski definition) is 2. The molecule has 9 heteroatoms. The Morgan fingerprint density at radius 2 is 1.56 bits per heavy atom. The summed E-state index contributed by atoms with van der Waals surface area (Å²) in [5.41, 5.74) is -1.93. The molecule has 0 rings (SSSR count). The molecule has 0 N–H and O–H groups in total. The Bertz CT molecular complexity index is 259. The average molecular weight is 353 g/mol. The van der Waals surface area contributed by atoms with Gasteiger partial charge in [-0.3, -0.25) is 0 Å². The van der Waals surface area contributed by atoms with Gasteiger partial charge in [0.2, 0.25) is 0 Å². The number of nitrogens with zero attached hydrogens (tertiary/aromatic N) is 1. The molecule has 0 spiro atoms. The quantitative estimate of drug-likeness (QED) is 0.565. The third-order valence-corrected chi connectivity index (χ3v) is 3.82. The van der Waals surface area contributed by atoms with Gasteiger partial charge in [0.25, 0.3) is 0 Å². The van der Waals surface area contributed by atoms with Crippen molar-refractivity contribution in [2.24, 2.45) is 4.99 Å². The van der Waals surface area contributed by atoms with Crippen molar-refractivity contribution >= 4 is 27.6 Å². The first kappa shape index (κ1) is 16.1.